The van der Waals surface area contributed by atoms with Crippen LogP contribution in [0.1, 0.15) is 64.7 Å². The molecule has 21 heavy (non-hydrogen) atoms. The van der Waals surface area contributed by atoms with Gasteiger partial charge in [0.1, 0.15) is 5.54 Å². The molecular weight excluding hydrogens is 270 g/mol. The van der Waals surface area contributed by atoms with Crippen molar-refractivity contribution < 1.29 is 19.5 Å². The molecule has 2 aliphatic carbocycles. The summed E-state index contributed by atoms with van der Waals surface area (Å²) in [6.07, 6.45) is 7.40. The van der Waals surface area contributed by atoms with Crippen LogP contribution in [0.3, 0.4) is 0 Å². The summed E-state index contributed by atoms with van der Waals surface area (Å²) in [4.78, 5) is 38.0. The van der Waals surface area contributed by atoms with Gasteiger partial charge in [-0.1, -0.05) is 19.3 Å². The zero-order valence-corrected chi connectivity index (χ0v) is 12.6. The fourth-order valence-electron chi connectivity index (χ4n) is 4.27. The number of piperidine rings is 1. The second-order valence-corrected chi connectivity index (χ2v) is 7.26. The van der Waals surface area contributed by atoms with Gasteiger partial charge in [-0.3, -0.25) is 14.5 Å². The van der Waals surface area contributed by atoms with Crippen molar-refractivity contribution in [1.82, 2.24) is 4.90 Å². The Morgan fingerprint density at radius 2 is 1.67 bits per heavy atom. The maximum absolute atomic E-state index is 12.6. The molecule has 1 N–H and O–H groups in total. The quantitative estimate of drug-likeness (QED) is 0.810. The fraction of sp³-hybridized carbons (Fsp3) is 0.812. The number of hydrogen-bond donors (Lipinski definition) is 1. The molecule has 3 aliphatic rings. The van der Waals surface area contributed by atoms with Crippen LogP contribution in [-0.2, 0) is 14.4 Å². The summed E-state index contributed by atoms with van der Waals surface area (Å²) in [6.45, 7) is 1.54. The van der Waals surface area contributed by atoms with Gasteiger partial charge in [-0.25, -0.2) is 4.79 Å². The van der Waals surface area contributed by atoms with Crippen molar-refractivity contribution >= 4 is 17.8 Å². The molecule has 1 spiro atoms. The maximum atomic E-state index is 12.6. The molecule has 5 heteroatoms. The fourth-order valence-corrected chi connectivity index (χ4v) is 4.27. The predicted molar refractivity (Wildman–Crippen MR) is 75.4 cm³/mol. The van der Waals surface area contributed by atoms with E-state index in [4.69, 9.17) is 0 Å². The summed E-state index contributed by atoms with van der Waals surface area (Å²) in [5.74, 6) is -1.68. The summed E-state index contributed by atoms with van der Waals surface area (Å²) < 4.78 is 0. The first-order valence-electron chi connectivity index (χ1n) is 7.98. The summed E-state index contributed by atoms with van der Waals surface area (Å²) in [5.41, 5.74) is -1.53. The van der Waals surface area contributed by atoms with Crippen molar-refractivity contribution in [3.63, 3.8) is 0 Å². The number of rotatable bonds is 3. The Labute approximate surface area is 124 Å². The predicted octanol–water partition coefficient (Wildman–Crippen LogP) is 2.34. The maximum Gasteiger partial charge on any atom is 0.330 e. The lowest BCUT2D eigenvalue weighted by Gasteiger charge is -2.46. The zero-order chi connectivity index (χ0) is 15.3. The molecule has 116 valence electrons. The molecule has 1 aliphatic heterocycles. The molecule has 0 aromatic heterocycles. The van der Waals surface area contributed by atoms with Gasteiger partial charge in [0.05, 0.1) is 0 Å². The van der Waals surface area contributed by atoms with Crippen LogP contribution in [0, 0.1) is 11.3 Å². The van der Waals surface area contributed by atoms with Crippen LogP contribution in [-0.4, -0.2) is 33.3 Å². The van der Waals surface area contributed by atoms with Crippen molar-refractivity contribution in [2.24, 2.45) is 11.3 Å². The average Bonchev–Trinajstić information content (AvgIpc) is 3.22. The van der Waals surface area contributed by atoms with Gasteiger partial charge < -0.3 is 5.11 Å². The molecule has 2 amide bonds. The van der Waals surface area contributed by atoms with E-state index in [9.17, 15) is 19.5 Å². The van der Waals surface area contributed by atoms with Crippen LogP contribution in [0.2, 0.25) is 0 Å². The van der Waals surface area contributed by atoms with E-state index in [1.54, 1.807) is 6.92 Å². The normalized spacial score (nSPS) is 28.5. The Morgan fingerprint density at radius 1 is 1.14 bits per heavy atom. The third kappa shape index (κ3) is 2.27. The van der Waals surface area contributed by atoms with Gasteiger partial charge in [0, 0.05) is 12.8 Å². The minimum atomic E-state index is -1.34. The van der Waals surface area contributed by atoms with Crippen LogP contribution < -0.4 is 0 Å². The molecule has 1 heterocycles. The Balaban J connectivity index is 1.86. The van der Waals surface area contributed by atoms with Gasteiger partial charge in [0.25, 0.3) is 0 Å². The molecule has 3 fully saturated rings. The number of carboxylic acids is 1. The van der Waals surface area contributed by atoms with E-state index in [-0.39, 0.29) is 23.1 Å². The summed E-state index contributed by atoms with van der Waals surface area (Å²) in [6, 6.07) is 0. The number of carbonyl (C=O) groups is 3. The third-order valence-corrected chi connectivity index (χ3v) is 5.74. The molecule has 1 unspecified atom stereocenters. The number of hydrogen-bond acceptors (Lipinski definition) is 3. The SMILES string of the molecule is CC(C(=O)O)(C1CC1)N1C(=O)CC2(CCCCC2)CC1=O. The highest BCUT2D eigenvalue weighted by atomic mass is 16.4. The largest absolute Gasteiger partial charge is 0.479 e. The van der Waals surface area contributed by atoms with Gasteiger partial charge in [-0.15, -0.1) is 0 Å². The minimum Gasteiger partial charge on any atom is -0.479 e. The van der Waals surface area contributed by atoms with E-state index >= 15 is 0 Å². The Morgan fingerprint density at radius 3 is 2.10 bits per heavy atom. The smallest absolute Gasteiger partial charge is 0.330 e. The highest BCUT2D eigenvalue weighted by Gasteiger charge is 2.58. The van der Waals surface area contributed by atoms with E-state index in [2.05, 4.69) is 0 Å². The number of aliphatic carboxylic acids is 1. The lowest BCUT2D eigenvalue weighted by atomic mass is 9.67. The molecule has 2 saturated carbocycles. The Hall–Kier alpha value is -1.39. The van der Waals surface area contributed by atoms with E-state index in [1.165, 1.54) is 6.42 Å². The Kier molecular flexibility index (Phi) is 3.34. The standard InChI is InChI=1S/C16H23NO4/c1-15(14(20)21,11-5-6-11)17-12(18)9-16(10-13(17)19)7-3-2-4-8-16/h11H,2-10H2,1H3,(H,20,21). The van der Waals surface area contributed by atoms with Crippen LogP contribution in [0.4, 0.5) is 0 Å². The Bertz CT molecular complexity index is 471. The van der Waals surface area contributed by atoms with Crippen LogP contribution in [0.25, 0.3) is 0 Å². The lowest BCUT2D eigenvalue weighted by molar-refractivity contribution is -0.174. The molecule has 0 bridgehead atoms. The van der Waals surface area contributed by atoms with E-state index < -0.39 is 11.5 Å². The van der Waals surface area contributed by atoms with Crippen LogP contribution >= 0.6 is 0 Å². The molecular formula is C16H23NO4. The second kappa shape index (κ2) is 4.82. The van der Waals surface area contributed by atoms with E-state index in [0.717, 1.165) is 43.4 Å². The highest BCUT2D eigenvalue weighted by Crippen LogP contribution is 2.50. The molecule has 1 saturated heterocycles. The van der Waals surface area contributed by atoms with Crippen molar-refractivity contribution in [1.29, 1.82) is 0 Å². The number of carbonyl (C=O) groups excluding carboxylic acids is 2. The lowest BCUT2D eigenvalue weighted by Crippen LogP contribution is -2.62. The van der Waals surface area contributed by atoms with Crippen molar-refractivity contribution in [2.45, 2.75) is 70.3 Å². The van der Waals surface area contributed by atoms with Crippen molar-refractivity contribution in [3.05, 3.63) is 0 Å². The first-order valence-corrected chi connectivity index (χ1v) is 7.98. The monoisotopic (exact) mass is 293 g/mol. The topological polar surface area (TPSA) is 74.7 Å². The molecule has 5 nitrogen and oxygen atoms in total. The second-order valence-electron chi connectivity index (χ2n) is 7.26. The number of likely N-dealkylation sites (tertiary alicyclic amines) is 1. The van der Waals surface area contributed by atoms with Gasteiger partial charge in [0.2, 0.25) is 11.8 Å². The summed E-state index contributed by atoms with van der Waals surface area (Å²) in [7, 11) is 0. The minimum absolute atomic E-state index is 0.0803. The van der Waals surface area contributed by atoms with Crippen LogP contribution in [0.5, 0.6) is 0 Å². The molecule has 1 atom stereocenters. The average molecular weight is 293 g/mol. The number of carboxylic acid groups (broad SMARTS) is 1. The number of imide groups is 1. The molecule has 0 aromatic carbocycles. The molecule has 3 rings (SSSR count). The van der Waals surface area contributed by atoms with E-state index in [1.807, 2.05) is 0 Å². The number of nitrogens with zero attached hydrogens (tertiary/aromatic N) is 1. The van der Waals surface area contributed by atoms with Crippen LogP contribution in [0.15, 0.2) is 0 Å². The van der Waals surface area contributed by atoms with Crippen molar-refractivity contribution in [2.75, 3.05) is 0 Å². The van der Waals surface area contributed by atoms with E-state index in [0.29, 0.717) is 12.8 Å². The number of amides is 2. The summed E-state index contributed by atoms with van der Waals surface area (Å²) >= 11 is 0. The zero-order valence-electron chi connectivity index (χ0n) is 12.6. The van der Waals surface area contributed by atoms with Crippen molar-refractivity contribution in [3.8, 4) is 0 Å². The first kappa shape index (κ1) is 14.5. The molecule has 0 radical (unpaired) electrons. The summed E-state index contributed by atoms with van der Waals surface area (Å²) in [5, 5.41) is 9.59. The molecule has 0 aromatic rings. The third-order valence-electron chi connectivity index (χ3n) is 5.74. The highest BCUT2D eigenvalue weighted by molar-refractivity contribution is 6.03. The van der Waals surface area contributed by atoms with Gasteiger partial charge in [0.15, 0.2) is 0 Å². The van der Waals surface area contributed by atoms with Gasteiger partial charge in [-0.2, -0.15) is 0 Å². The first-order chi connectivity index (χ1) is 9.89. The van der Waals surface area contributed by atoms with Gasteiger partial charge >= 0.3 is 5.97 Å². The van der Waals surface area contributed by atoms with Gasteiger partial charge in [-0.05, 0) is 43.9 Å².